The van der Waals surface area contributed by atoms with Gasteiger partial charge in [-0.3, -0.25) is 10.5 Å². The van der Waals surface area contributed by atoms with E-state index in [4.69, 9.17) is 10.5 Å². The predicted octanol–water partition coefficient (Wildman–Crippen LogP) is 3.16. The number of hydroxylamine groups is 2. The van der Waals surface area contributed by atoms with Gasteiger partial charge in [0.25, 0.3) is 0 Å². The quantitative estimate of drug-likeness (QED) is 0.235. The number of carbonyl (C=O) groups is 1. The van der Waals surface area contributed by atoms with Crippen LogP contribution in [0.25, 0.3) is 0 Å². The van der Waals surface area contributed by atoms with Crippen LogP contribution in [0.3, 0.4) is 0 Å². The SMILES string of the molecule is CCCCCCCCCCCCCC(=O)OC(C)N.C[NH+](C)[O-]. The summed E-state index contributed by atoms with van der Waals surface area (Å²) in [5.74, 6) is -0.161. The first kappa shape index (κ1) is 24.6. The van der Waals surface area contributed by atoms with Gasteiger partial charge in [-0.25, -0.2) is 0 Å². The van der Waals surface area contributed by atoms with E-state index in [1.54, 1.807) is 6.92 Å². The molecule has 0 rings (SSSR count). The Bertz CT molecular complexity index is 244. The number of hydrogen-bond acceptors (Lipinski definition) is 4. The molecule has 0 saturated heterocycles. The molecule has 1 unspecified atom stereocenters. The fraction of sp³-hybridized carbons (Fsp3) is 0.944. The molecule has 3 N–H and O–H groups in total. The fourth-order valence-electron chi connectivity index (χ4n) is 2.20. The van der Waals surface area contributed by atoms with Crippen LogP contribution in [-0.4, -0.2) is 26.3 Å². The second-order valence-electron chi connectivity index (χ2n) is 6.39. The van der Waals surface area contributed by atoms with Crippen molar-refractivity contribution in [3.63, 3.8) is 0 Å². The van der Waals surface area contributed by atoms with Gasteiger partial charge in [0.05, 0.1) is 14.1 Å². The maximum absolute atomic E-state index is 11.2. The zero-order valence-electron chi connectivity index (χ0n) is 15.9. The first-order valence-corrected chi connectivity index (χ1v) is 9.32. The zero-order chi connectivity index (χ0) is 17.9. The summed E-state index contributed by atoms with van der Waals surface area (Å²) in [7, 11) is 3.06. The molecule has 140 valence electrons. The molecule has 0 amide bonds. The van der Waals surface area contributed by atoms with Gasteiger partial charge in [-0.05, 0) is 13.3 Å². The van der Waals surface area contributed by atoms with Gasteiger partial charge >= 0.3 is 5.97 Å². The molecule has 0 spiro atoms. The molecule has 0 aromatic carbocycles. The second-order valence-corrected chi connectivity index (χ2v) is 6.39. The Morgan fingerprint density at radius 1 is 0.957 bits per heavy atom. The minimum absolute atomic E-state index is 0.161. The molecule has 0 aliphatic rings. The molecule has 5 heteroatoms. The maximum atomic E-state index is 11.2. The first-order chi connectivity index (χ1) is 10.9. The largest absolute Gasteiger partial charge is 0.635 e. The molecule has 0 fully saturated rings. The molecule has 0 bridgehead atoms. The van der Waals surface area contributed by atoms with E-state index >= 15 is 0 Å². The summed E-state index contributed by atoms with van der Waals surface area (Å²) in [5, 5.41) is 9.61. The first-order valence-electron chi connectivity index (χ1n) is 9.32. The van der Waals surface area contributed by atoms with E-state index in [0.717, 1.165) is 12.8 Å². The Kier molecular flexibility index (Phi) is 20.7. The number of rotatable bonds is 13. The zero-order valence-corrected chi connectivity index (χ0v) is 15.9. The highest BCUT2D eigenvalue weighted by Crippen LogP contribution is 2.12. The molecule has 0 aromatic rings. The topological polar surface area (TPSA) is 79.8 Å². The Hall–Kier alpha value is -0.650. The highest BCUT2D eigenvalue weighted by atomic mass is 16.6. The van der Waals surface area contributed by atoms with Crippen LogP contribution < -0.4 is 10.8 Å². The van der Waals surface area contributed by atoms with Crippen LogP contribution in [0, 0.1) is 5.21 Å². The molecule has 1 atom stereocenters. The molecule has 0 radical (unpaired) electrons. The van der Waals surface area contributed by atoms with E-state index in [1.807, 2.05) is 0 Å². The van der Waals surface area contributed by atoms with Crippen molar-refractivity contribution >= 4 is 5.97 Å². The van der Waals surface area contributed by atoms with Crippen molar-refractivity contribution in [1.82, 2.24) is 0 Å². The van der Waals surface area contributed by atoms with Crippen LogP contribution in [-0.2, 0) is 9.53 Å². The van der Waals surface area contributed by atoms with Gasteiger partial charge in [-0.2, -0.15) is 0 Å². The van der Waals surface area contributed by atoms with Crippen LogP contribution >= 0.6 is 0 Å². The van der Waals surface area contributed by atoms with Crippen molar-refractivity contribution in [3.8, 4) is 0 Å². The van der Waals surface area contributed by atoms with E-state index in [0.29, 0.717) is 6.42 Å². The summed E-state index contributed by atoms with van der Waals surface area (Å²) < 4.78 is 4.88. The Balaban J connectivity index is 0. The third kappa shape index (κ3) is 29.9. The minimum Gasteiger partial charge on any atom is -0.635 e. The molecule has 0 aromatic heterocycles. The number of esters is 1. The number of nitrogens with two attached hydrogens (primary N) is 1. The Morgan fingerprint density at radius 3 is 1.65 bits per heavy atom. The summed E-state index contributed by atoms with van der Waals surface area (Å²) >= 11 is 0. The van der Waals surface area contributed by atoms with E-state index in [1.165, 1.54) is 71.9 Å². The maximum Gasteiger partial charge on any atom is 0.307 e. The van der Waals surface area contributed by atoms with Crippen molar-refractivity contribution in [3.05, 3.63) is 5.21 Å². The van der Waals surface area contributed by atoms with Gasteiger partial charge < -0.3 is 15.0 Å². The highest BCUT2D eigenvalue weighted by Gasteiger charge is 2.04. The predicted molar refractivity (Wildman–Crippen MR) is 97.0 cm³/mol. The fourth-order valence-corrected chi connectivity index (χ4v) is 2.20. The standard InChI is InChI=1S/C16H33NO2.C2H7NO/c1-3-4-5-6-7-8-9-10-11-12-13-14-16(18)19-15(2)17;1-3(2)4/h15H,3-14,17H2,1-2H3;3H,1-2H3. The third-order valence-electron chi connectivity index (χ3n) is 3.30. The van der Waals surface area contributed by atoms with Crippen molar-refractivity contribution in [2.75, 3.05) is 14.1 Å². The van der Waals surface area contributed by atoms with Crippen LogP contribution in [0.15, 0.2) is 0 Å². The minimum atomic E-state index is -0.472. The summed E-state index contributed by atoms with van der Waals surface area (Å²) in [4.78, 5) is 11.2. The van der Waals surface area contributed by atoms with E-state index in [9.17, 15) is 10.0 Å². The Labute approximate surface area is 143 Å². The van der Waals surface area contributed by atoms with Crippen LogP contribution in [0.4, 0.5) is 0 Å². The normalized spacial score (nSPS) is 11.8. The van der Waals surface area contributed by atoms with Crippen LogP contribution in [0.1, 0.15) is 90.9 Å². The molecule has 0 aliphatic carbocycles. The number of nitrogens with one attached hydrogen (secondary N) is 1. The average molecular weight is 333 g/mol. The van der Waals surface area contributed by atoms with Gasteiger partial charge in [-0.15, -0.1) is 0 Å². The lowest BCUT2D eigenvalue weighted by atomic mass is 10.1. The second kappa shape index (κ2) is 19.4. The van der Waals surface area contributed by atoms with Gasteiger partial charge in [0, 0.05) is 6.42 Å². The van der Waals surface area contributed by atoms with Crippen molar-refractivity contribution in [2.24, 2.45) is 5.73 Å². The average Bonchev–Trinajstić information content (AvgIpc) is 2.43. The lowest BCUT2D eigenvalue weighted by molar-refractivity contribution is -0.802. The smallest absolute Gasteiger partial charge is 0.307 e. The lowest BCUT2D eigenvalue weighted by Crippen LogP contribution is -3.00. The van der Waals surface area contributed by atoms with Crippen LogP contribution in [0.2, 0.25) is 0 Å². The van der Waals surface area contributed by atoms with E-state index < -0.39 is 6.23 Å². The summed E-state index contributed by atoms with van der Waals surface area (Å²) in [6.45, 7) is 3.93. The molecule has 23 heavy (non-hydrogen) atoms. The Morgan fingerprint density at radius 2 is 1.30 bits per heavy atom. The number of hydrogen-bond donors (Lipinski definition) is 2. The van der Waals surface area contributed by atoms with Crippen LogP contribution in [0.5, 0.6) is 0 Å². The number of unbranched alkanes of at least 4 members (excludes halogenated alkanes) is 10. The van der Waals surface area contributed by atoms with Gasteiger partial charge in [0.2, 0.25) is 0 Å². The molecular formula is C18H40N2O3. The summed E-state index contributed by atoms with van der Waals surface area (Å²) in [5.41, 5.74) is 5.38. The van der Waals surface area contributed by atoms with E-state index in [-0.39, 0.29) is 11.0 Å². The third-order valence-corrected chi connectivity index (χ3v) is 3.30. The van der Waals surface area contributed by atoms with Crippen molar-refractivity contribution in [2.45, 2.75) is 97.1 Å². The summed E-state index contributed by atoms with van der Waals surface area (Å²) in [6, 6.07) is 0. The molecule has 5 nitrogen and oxygen atoms in total. The van der Waals surface area contributed by atoms with Gasteiger partial charge in [0.1, 0.15) is 6.23 Å². The number of quaternary nitrogens is 1. The van der Waals surface area contributed by atoms with E-state index in [2.05, 4.69) is 6.92 Å². The summed E-state index contributed by atoms with van der Waals surface area (Å²) in [6.07, 6.45) is 14.3. The molecular weight excluding hydrogens is 292 g/mol. The lowest BCUT2D eigenvalue weighted by Gasteiger charge is -2.07. The molecule has 0 aliphatic heterocycles. The van der Waals surface area contributed by atoms with Gasteiger partial charge in [-0.1, -0.05) is 71.1 Å². The van der Waals surface area contributed by atoms with Gasteiger partial charge in [0.15, 0.2) is 0 Å². The number of carbonyl (C=O) groups excluding carboxylic acids is 1. The monoisotopic (exact) mass is 332 g/mol. The molecule has 0 saturated carbocycles. The van der Waals surface area contributed by atoms with Crippen molar-refractivity contribution < 1.29 is 14.6 Å². The number of ether oxygens (including phenoxy) is 1. The molecule has 0 heterocycles. The highest BCUT2D eigenvalue weighted by molar-refractivity contribution is 5.69. The van der Waals surface area contributed by atoms with Crippen molar-refractivity contribution in [1.29, 1.82) is 0 Å².